The molecule has 0 N–H and O–H groups in total. The van der Waals surface area contributed by atoms with Gasteiger partial charge < -0.3 is 4.42 Å². The Balaban J connectivity index is 1.66. The molecule has 5 aromatic rings. The van der Waals surface area contributed by atoms with Crippen LogP contribution >= 0.6 is 0 Å². The zero-order chi connectivity index (χ0) is 25.4. The third kappa shape index (κ3) is 3.34. The molecule has 3 aromatic carbocycles. The molecule has 36 heavy (non-hydrogen) atoms. The van der Waals surface area contributed by atoms with Crippen molar-refractivity contribution in [2.24, 2.45) is 12.5 Å². The Hall–Kier alpha value is -3.97. The number of furan rings is 1. The summed E-state index contributed by atoms with van der Waals surface area (Å²) in [4.78, 5) is 0. The smallest absolute Gasteiger partial charge is 0.216 e. The lowest BCUT2D eigenvalue weighted by Gasteiger charge is -2.14. The molecule has 2 heterocycles. The van der Waals surface area contributed by atoms with Crippen molar-refractivity contribution < 1.29 is 13.4 Å². The second kappa shape index (κ2) is 7.77. The van der Waals surface area contributed by atoms with Crippen molar-refractivity contribution in [1.82, 2.24) is 0 Å². The highest BCUT2D eigenvalue weighted by molar-refractivity contribution is 6.14. The zero-order valence-electron chi connectivity index (χ0n) is 21.3. The minimum atomic E-state index is -0.239. The number of aromatic nitrogens is 1. The largest absolute Gasteiger partial charge is 0.454 e. The molecule has 178 valence electrons. The number of halogens is 1. The average Bonchev–Trinajstić information content (AvgIpc) is 3.35. The Morgan fingerprint density at radius 3 is 2.33 bits per heavy atom. The van der Waals surface area contributed by atoms with Gasteiger partial charge in [-0.15, -0.1) is 0 Å². The van der Waals surface area contributed by atoms with E-state index in [4.69, 9.17) is 4.42 Å². The van der Waals surface area contributed by atoms with Crippen LogP contribution in [0.1, 0.15) is 41.7 Å². The number of rotatable bonds is 2. The van der Waals surface area contributed by atoms with Crippen LogP contribution in [0.15, 0.2) is 59.1 Å². The van der Waals surface area contributed by atoms with E-state index < -0.39 is 0 Å². The zero-order valence-corrected chi connectivity index (χ0v) is 21.3. The van der Waals surface area contributed by atoms with Gasteiger partial charge in [-0.3, -0.25) is 0 Å². The van der Waals surface area contributed by atoms with E-state index in [1.165, 1.54) is 17.3 Å². The third-order valence-corrected chi connectivity index (χ3v) is 7.64. The van der Waals surface area contributed by atoms with E-state index in [0.717, 1.165) is 62.7 Å². The van der Waals surface area contributed by atoms with Crippen molar-refractivity contribution in [3.05, 3.63) is 88.4 Å². The summed E-state index contributed by atoms with van der Waals surface area (Å²) in [5, 5.41) is 12.0. The van der Waals surface area contributed by atoms with Crippen LogP contribution in [-0.2, 0) is 19.9 Å². The molecule has 6 rings (SSSR count). The van der Waals surface area contributed by atoms with Gasteiger partial charge in [0.15, 0.2) is 5.82 Å². The number of hydrogen-bond acceptors (Lipinski definition) is 2. The first-order valence-electron chi connectivity index (χ1n) is 12.3. The highest BCUT2D eigenvalue weighted by atomic mass is 19.1. The molecule has 0 fully saturated rings. The maximum atomic E-state index is 14.2. The molecular formula is C32H28FN2O+. The van der Waals surface area contributed by atoms with Crippen LogP contribution in [0.5, 0.6) is 0 Å². The molecule has 0 bridgehead atoms. The minimum absolute atomic E-state index is 0.239. The van der Waals surface area contributed by atoms with Crippen LogP contribution < -0.4 is 4.57 Å². The fourth-order valence-corrected chi connectivity index (χ4v) is 5.88. The quantitative estimate of drug-likeness (QED) is 0.248. The van der Waals surface area contributed by atoms with Crippen molar-refractivity contribution in [3.63, 3.8) is 0 Å². The van der Waals surface area contributed by atoms with Gasteiger partial charge >= 0.3 is 0 Å². The van der Waals surface area contributed by atoms with Crippen molar-refractivity contribution in [3.8, 4) is 28.5 Å². The lowest BCUT2D eigenvalue weighted by molar-refractivity contribution is -0.662. The second-order valence-electron chi connectivity index (χ2n) is 11.0. The van der Waals surface area contributed by atoms with Gasteiger partial charge in [0.2, 0.25) is 11.9 Å². The summed E-state index contributed by atoms with van der Waals surface area (Å²) >= 11 is 0. The fourth-order valence-electron chi connectivity index (χ4n) is 5.88. The Kier molecular flexibility index (Phi) is 4.85. The van der Waals surface area contributed by atoms with Gasteiger partial charge in [0.1, 0.15) is 18.2 Å². The molecule has 0 spiro atoms. The van der Waals surface area contributed by atoms with Crippen LogP contribution in [0.25, 0.3) is 44.3 Å². The molecule has 1 aliphatic carbocycles. The van der Waals surface area contributed by atoms with Gasteiger partial charge in [-0.1, -0.05) is 44.2 Å². The lowest BCUT2D eigenvalue weighted by atomic mass is 9.90. The molecule has 0 saturated heterocycles. The summed E-state index contributed by atoms with van der Waals surface area (Å²) in [5.41, 5.74) is 10.4. The molecule has 0 saturated carbocycles. The standard InChI is InChI=1S/C32H28FN2O/c1-18-6-10-24-25-11-9-22(16-34)29(20-7-8-21-14-32(3,4)15-23(21)13-20)31(25)36-30(24)28(18)27-12-19(2)26(33)17-35(27)5/h6-13,17H,14-15H2,1-5H3/q+1. The molecule has 4 heteroatoms. The van der Waals surface area contributed by atoms with Gasteiger partial charge in [0, 0.05) is 22.4 Å². The van der Waals surface area contributed by atoms with E-state index in [1.54, 1.807) is 11.5 Å². The molecule has 0 radical (unpaired) electrons. The Bertz CT molecular complexity index is 1770. The van der Waals surface area contributed by atoms with Gasteiger partial charge in [-0.05, 0) is 72.1 Å². The van der Waals surface area contributed by atoms with Crippen LogP contribution in [0.2, 0.25) is 0 Å². The van der Waals surface area contributed by atoms with Crippen molar-refractivity contribution in [1.29, 1.82) is 5.26 Å². The molecule has 0 amide bonds. The van der Waals surface area contributed by atoms with Crippen molar-refractivity contribution in [2.45, 2.75) is 40.5 Å². The summed E-state index contributed by atoms with van der Waals surface area (Å²) in [7, 11) is 1.85. The van der Waals surface area contributed by atoms with Crippen LogP contribution in [-0.4, -0.2) is 0 Å². The fraction of sp³-hybridized carbons (Fsp3) is 0.250. The number of fused-ring (bicyclic) bond motifs is 4. The average molecular weight is 476 g/mol. The number of aryl methyl sites for hydroxylation is 3. The second-order valence-corrected chi connectivity index (χ2v) is 11.0. The summed E-state index contributed by atoms with van der Waals surface area (Å²) in [5.74, 6) is -0.239. The van der Waals surface area contributed by atoms with Gasteiger partial charge in [0.05, 0.1) is 17.2 Å². The summed E-state index contributed by atoms with van der Waals surface area (Å²) in [6.45, 7) is 8.42. The van der Waals surface area contributed by atoms with E-state index in [0.29, 0.717) is 11.1 Å². The predicted octanol–water partition coefficient (Wildman–Crippen LogP) is 7.50. The van der Waals surface area contributed by atoms with Crippen molar-refractivity contribution >= 4 is 21.9 Å². The van der Waals surface area contributed by atoms with E-state index in [1.807, 2.05) is 32.2 Å². The maximum Gasteiger partial charge on any atom is 0.216 e. The summed E-state index contributed by atoms with van der Waals surface area (Å²) < 4.78 is 22.7. The molecule has 2 aromatic heterocycles. The molecule has 0 atom stereocenters. The highest BCUT2D eigenvalue weighted by Gasteiger charge is 2.29. The lowest BCUT2D eigenvalue weighted by Crippen LogP contribution is -2.31. The highest BCUT2D eigenvalue weighted by Crippen LogP contribution is 2.44. The maximum absolute atomic E-state index is 14.2. The molecule has 1 aliphatic rings. The molecule has 0 aliphatic heterocycles. The monoisotopic (exact) mass is 475 g/mol. The first-order chi connectivity index (χ1) is 17.2. The Morgan fingerprint density at radius 1 is 0.889 bits per heavy atom. The first-order valence-corrected chi connectivity index (χ1v) is 12.3. The van der Waals surface area contributed by atoms with E-state index in [2.05, 4.69) is 50.2 Å². The molecular weight excluding hydrogens is 447 g/mol. The summed E-state index contributed by atoms with van der Waals surface area (Å²) in [6, 6.07) is 18.9. The molecule has 3 nitrogen and oxygen atoms in total. The number of pyridine rings is 1. The van der Waals surface area contributed by atoms with E-state index in [9.17, 15) is 9.65 Å². The van der Waals surface area contributed by atoms with Gasteiger partial charge in [-0.25, -0.2) is 4.39 Å². The number of nitrogens with zero attached hydrogens (tertiary/aromatic N) is 2. The number of benzene rings is 3. The van der Waals surface area contributed by atoms with Crippen LogP contribution in [0, 0.1) is 36.4 Å². The van der Waals surface area contributed by atoms with Crippen LogP contribution in [0.3, 0.4) is 0 Å². The number of hydrogen-bond donors (Lipinski definition) is 0. The Morgan fingerprint density at radius 2 is 1.58 bits per heavy atom. The summed E-state index contributed by atoms with van der Waals surface area (Å²) in [6.07, 6.45) is 3.61. The van der Waals surface area contributed by atoms with E-state index in [-0.39, 0.29) is 11.2 Å². The topological polar surface area (TPSA) is 40.8 Å². The van der Waals surface area contributed by atoms with E-state index >= 15 is 0 Å². The molecule has 0 unspecified atom stereocenters. The van der Waals surface area contributed by atoms with Gasteiger partial charge in [0.25, 0.3) is 0 Å². The Labute approximate surface area is 210 Å². The SMILES string of the molecule is Cc1cc(-c2c(C)ccc3c2oc2c(-c4ccc5c(c4)CC(C)(C)C5)c(C#N)ccc23)[n+](C)cc1F. The van der Waals surface area contributed by atoms with Crippen LogP contribution in [0.4, 0.5) is 4.39 Å². The minimum Gasteiger partial charge on any atom is -0.454 e. The number of nitriles is 1. The van der Waals surface area contributed by atoms with Gasteiger partial charge in [-0.2, -0.15) is 9.83 Å². The predicted molar refractivity (Wildman–Crippen MR) is 141 cm³/mol. The third-order valence-electron chi connectivity index (χ3n) is 7.64. The van der Waals surface area contributed by atoms with Crippen molar-refractivity contribution in [2.75, 3.05) is 0 Å². The normalized spacial score (nSPS) is 14.4. The first kappa shape index (κ1) is 22.5.